The molecule has 1 aliphatic rings. The minimum absolute atomic E-state index is 0.0550. The fourth-order valence-electron chi connectivity index (χ4n) is 4.57. The maximum absolute atomic E-state index is 13.8. The van der Waals surface area contributed by atoms with Crippen LogP contribution in [0.5, 0.6) is 11.5 Å². The molecule has 0 saturated heterocycles. The average Bonchev–Trinajstić information content (AvgIpc) is 3.46. The lowest BCUT2D eigenvalue weighted by Crippen LogP contribution is -2.29. The number of thiazole rings is 1. The topological polar surface area (TPSA) is 98.9 Å². The van der Waals surface area contributed by atoms with Gasteiger partial charge in [0.05, 0.1) is 29.8 Å². The molecule has 1 aliphatic heterocycles. The van der Waals surface area contributed by atoms with Crippen LogP contribution in [0.2, 0.25) is 0 Å². The van der Waals surface area contributed by atoms with Crippen molar-refractivity contribution in [1.29, 1.82) is 0 Å². The molecule has 0 fully saturated rings. The summed E-state index contributed by atoms with van der Waals surface area (Å²) < 4.78 is 16.9. The van der Waals surface area contributed by atoms with Gasteiger partial charge in [0, 0.05) is 0 Å². The molecule has 0 N–H and O–H groups in total. The molecule has 188 valence electrons. The maximum Gasteiger partial charge on any atom is 0.350 e. The van der Waals surface area contributed by atoms with Crippen molar-refractivity contribution in [2.45, 2.75) is 13.0 Å². The second-order valence-corrected chi connectivity index (χ2v) is 9.62. The van der Waals surface area contributed by atoms with Crippen LogP contribution < -0.4 is 15.1 Å². The maximum atomic E-state index is 13.8. The zero-order valence-corrected chi connectivity index (χ0v) is 21.2. The SMILES string of the molecule is COC(=O)c1sc(N2C(=O)c3oc4ccccc4c(=O)c3C2c2cccc(Oc3ccccc3)c2)nc1C. The van der Waals surface area contributed by atoms with Gasteiger partial charge in [-0.3, -0.25) is 14.5 Å². The lowest BCUT2D eigenvalue weighted by atomic mass is 9.98. The number of esters is 1. The number of nitrogens with zero attached hydrogens (tertiary/aromatic N) is 2. The fourth-order valence-corrected chi connectivity index (χ4v) is 5.58. The molecule has 38 heavy (non-hydrogen) atoms. The van der Waals surface area contributed by atoms with E-state index in [1.54, 1.807) is 49.4 Å². The van der Waals surface area contributed by atoms with E-state index in [0.29, 0.717) is 33.7 Å². The van der Waals surface area contributed by atoms with Gasteiger partial charge in [-0.15, -0.1) is 0 Å². The van der Waals surface area contributed by atoms with E-state index in [9.17, 15) is 14.4 Å². The highest BCUT2D eigenvalue weighted by Crippen LogP contribution is 2.44. The predicted molar refractivity (Wildman–Crippen MR) is 142 cm³/mol. The van der Waals surface area contributed by atoms with Crippen molar-refractivity contribution in [2.24, 2.45) is 0 Å². The largest absolute Gasteiger partial charge is 0.465 e. The van der Waals surface area contributed by atoms with Crippen LogP contribution in [0.3, 0.4) is 0 Å². The zero-order chi connectivity index (χ0) is 26.4. The Morgan fingerprint density at radius 1 is 0.974 bits per heavy atom. The molecule has 0 radical (unpaired) electrons. The number of aryl methyl sites for hydroxylation is 1. The van der Waals surface area contributed by atoms with Gasteiger partial charge in [0.25, 0.3) is 5.91 Å². The molecule has 9 heteroatoms. The first kappa shape index (κ1) is 23.6. The van der Waals surface area contributed by atoms with Crippen molar-refractivity contribution < 1.29 is 23.5 Å². The standard InChI is InChI=1S/C29H20N2O6S/c1-16-26(28(34)35-2)38-29(30-16)31-23(17-9-8-12-19(15-17)36-18-10-4-3-5-11-18)22-24(32)20-13-6-7-14-21(20)37-25(22)27(31)33/h3-15,23H,1-2H3. The number of amides is 1. The van der Waals surface area contributed by atoms with Crippen LogP contribution in [0.25, 0.3) is 11.0 Å². The molecule has 0 spiro atoms. The Morgan fingerprint density at radius 3 is 2.50 bits per heavy atom. The summed E-state index contributed by atoms with van der Waals surface area (Å²) in [6.07, 6.45) is 0. The molecule has 1 amide bonds. The number of methoxy groups -OCH3 is 1. The third-order valence-electron chi connectivity index (χ3n) is 6.29. The Hall–Kier alpha value is -4.76. The van der Waals surface area contributed by atoms with E-state index >= 15 is 0 Å². The van der Waals surface area contributed by atoms with Crippen LogP contribution >= 0.6 is 11.3 Å². The van der Waals surface area contributed by atoms with E-state index in [1.807, 2.05) is 36.4 Å². The molecule has 8 nitrogen and oxygen atoms in total. The summed E-state index contributed by atoms with van der Waals surface area (Å²) in [5.74, 6) is 0.0524. The lowest BCUT2D eigenvalue weighted by Gasteiger charge is -2.23. The minimum atomic E-state index is -0.853. The van der Waals surface area contributed by atoms with Crippen LogP contribution in [0, 0.1) is 6.92 Å². The van der Waals surface area contributed by atoms with Gasteiger partial charge in [-0.05, 0) is 48.9 Å². The van der Waals surface area contributed by atoms with Crippen molar-refractivity contribution in [1.82, 2.24) is 4.98 Å². The molecular weight excluding hydrogens is 504 g/mol. The minimum Gasteiger partial charge on any atom is -0.465 e. The summed E-state index contributed by atoms with van der Waals surface area (Å²) in [6.45, 7) is 1.67. The Morgan fingerprint density at radius 2 is 1.71 bits per heavy atom. The number of benzene rings is 3. The number of anilines is 1. The van der Waals surface area contributed by atoms with Crippen LogP contribution in [0.4, 0.5) is 5.13 Å². The summed E-state index contributed by atoms with van der Waals surface area (Å²) in [6, 6.07) is 22.4. The van der Waals surface area contributed by atoms with Crippen molar-refractivity contribution in [3.63, 3.8) is 0 Å². The Balaban J connectivity index is 1.55. The normalized spacial score (nSPS) is 14.5. The average molecular weight is 525 g/mol. The van der Waals surface area contributed by atoms with Gasteiger partial charge in [0.15, 0.2) is 10.6 Å². The fraction of sp³-hybridized carbons (Fsp3) is 0.103. The third-order valence-corrected chi connectivity index (χ3v) is 7.43. The van der Waals surface area contributed by atoms with E-state index in [-0.39, 0.29) is 26.8 Å². The Kier molecular flexibility index (Phi) is 5.77. The van der Waals surface area contributed by atoms with Gasteiger partial charge in [0.2, 0.25) is 5.76 Å². The Bertz CT molecular complexity index is 1780. The summed E-state index contributed by atoms with van der Waals surface area (Å²) in [4.78, 5) is 46.1. The number of carbonyl (C=O) groups is 2. The van der Waals surface area contributed by atoms with Gasteiger partial charge < -0.3 is 13.9 Å². The molecule has 6 rings (SSSR count). The molecule has 0 saturated carbocycles. The van der Waals surface area contributed by atoms with E-state index in [0.717, 1.165) is 11.3 Å². The number of rotatable bonds is 5. The molecule has 0 aliphatic carbocycles. The zero-order valence-electron chi connectivity index (χ0n) is 20.3. The van der Waals surface area contributed by atoms with Crippen LogP contribution in [0.1, 0.15) is 43.1 Å². The van der Waals surface area contributed by atoms with Crippen molar-refractivity contribution in [3.8, 4) is 11.5 Å². The number of hydrogen-bond donors (Lipinski definition) is 0. The molecule has 1 atom stereocenters. The van der Waals surface area contributed by atoms with E-state index in [1.165, 1.54) is 12.0 Å². The Labute approximate surface area is 220 Å². The number of ether oxygens (including phenoxy) is 2. The molecule has 2 aromatic heterocycles. The first-order chi connectivity index (χ1) is 18.5. The number of aromatic nitrogens is 1. The third kappa shape index (κ3) is 3.84. The monoisotopic (exact) mass is 524 g/mol. The summed E-state index contributed by atoms with van der Waals surface area (Å²) in [5, 5.41) is 0.621. The second kappa shape index (κ2) is 9.28. The molecule has 5 aromatic rings. The van der Waals surface area contributed by atoms with Crippen molar-refractivity contribution >= 4 is 39.3 Å². The molecule has 3 aromatic carbocycles. The van der Waals surface area contributed by atoms with Gasteiger partial charge in [-0.1, -0.05) is 53.8 Å². The van der Waals surface area contributed by atoms with E-state index < -0.39 is 17.9 Å². The highest BCUT2D eigenvalue weighted by atomic mass is 32.1. The summed E-state index contributed by atoms with van der Waals surface area (Å²) in [5.41, 5.74) is 1.26. The van der Waals surface area contributed by atoms with Gasteiger partial charge in [-0.25, -0.2) is 9.78 Å². The van der Waals surface area contributed by atoms with Crippen LogP contribution in [-0.4, -0.2) is 24.0 Å². The number of fused-ring (bicyclic) bond motifs is 2. The second-order valence-electron chi connectivity index (χ2n) is 8.64. The van der Waals surface area contributed by atoms with Crippen LogP contribution in [-0.2, 0) is 4.74 Å². The van der Waals surface area contributed by atoms with Crippen molar-refractivity contribution in [3.05, 3.63) is 117 Å². The lowest BCUT2D eigenvalue weighted by molar-refractivity contribution is 0.0605. The highest BCUT2D eigenvalue weighted by molar-refractivity contribution is 7.17. The summed E-state index contributed by atoms with van der Waals surface area (Å²) in [7, 11) is 1.28. The van der Waals surface area contributed by atoms with Crippen LogP contribution in [0.15, 0.2) is 88.1 Å². The van der Waals surface area contributed by atoms with Crippen molar-refractivity contribution in [2.75, 3.05) is 12.0 Å². The smallest absolute Gasteiger partial charge is 0.350 e. The first-order valence-corrected chi connectivity index (χ1v) is 12.6. The van der Waals surface area contributed by atoms with Gasteiger partial charge in [-0.2, -0.15) is 0 Å². The number of carbonyl (C=O) groups excluding carboxylic acids is 2. The highest BCUT2D eigenvalue weighted by Gasteiger charge is 2.45. The van der Waals surface area contributed by atoms with E-state index in [2.05, 4.69) is 4.98 Å². The molecule has 3 heterocycles. The quantitative estimate of drug-likeness (QED) is 0.265. The molecular formula is C29H20N2O6S. The van der Waals surface area contributed by atoms with E-state index in [4.69, 9.17) is 13.9 Å². The summed E-state index contributed by atoms with van der Waals surface area (Å²) >= 11 is 1.02. The first-order valence-electron chi connectivity index (χ1n) is 11.7. The predicted octanol–water partition coefficient (Wildman–Crippen LogP) is 5.89. The number of para-hydroxylation sites is 2. The molecule has 1 unspecified atom stereocenters. The van der Waals surface area contributed by atoms with Gasteiger partial charge in [0.1, 0.15) is 22.0 Å². The van der Waals surface area contributed by atoms with Gasteiger partial charge >= 0.3 is 5.97 Å². The number of hydrogen-bond acceptors (Lipinski definition) is 8. The molecule has 0 bridgehead atoms.